The Morgan fingerprint density at radius 3 is 2.26 bits per heavy atom. The summed E-state index contributed by atoms with van der Waals surface area (Å²) in [5.41, 5.74) is 2.03. The van der Waals surface area contributed by atoms with Crippen LogP contribution in [0.25, 0.3) is 0 Å². The van der Waals surface area contributed by atoms with E-state index in [1.54, 1.807) is 13.3 Å². The molecule has 0 aliphatic carbocycles. The number of hydrogen-bond acceptors (Lipinski definition) is 2. The van der Waals surface area contributed by atoms with Gasteiger partial charge in [-0.05, 0) is 48.9 Å². The van der Waals surface area contributed by atoms with Gasteiger partial charge in [-0.2, -0.15) is 4.40 Å². The maximum atomic E-state index is 11.9. The lowest BCUT2D eigenvalue weighted by Crippen LogP contribution is -1.89. The summed E-state index contributed by atoms with van der Waals surface area (Å²) in [5, 5.41) is 0. The molecule has 0 saturated heterocycles. The summed E-state index contributed by atoms with van der Waals surface area (Å²) in [6.45, 7) is 1.99. The van der Waals surface area contributed by atoms with Crippen LogP contribution < -0.4 is 4.74 Å². The van der Waals surface area contributed by atoms with Crippen LogP contribution in [0.2, 0.25) is 0 Å². The molecule has 3 nitrogen and oxygen atoms in total. The molecule has 0 heterocycles. The lowest BCUT2D eigenvalue weighted by molar-refractivity contribution is 0.415. The average molecular weight is 273 g/mol. The summed E-state index contributed by atoms with van der Waals surface area (Å²) in [5.74, 6) is 0.789. The fourth-order valence-corrected chi connectivity index (χ4v) is 2.22. The van der Waals surface area contributed by atoms with Gasteiger partial charge in [-0.15, -0.1) is 0 Å². The SMILES string of the molecule is COc1ccc(/C=N/S(=O)c2ccc(C)cc2)cc1. The number of ether oxygens (including phenoxy) is 1. The highest BCUT2D eigenvalue weighted by Gasteiger charge is 2.00. The molecule has 0 saturated carbocycles. The first-order valence-corrected chi connectivity index (χ1v) is 6.96. The Kier molecular flexibility index (Phi) is 4.47. The highest BCUT2D eigenvalue weighted by Crippen LogP contribution is 2.12. The van der Waals surface area contributed by atoms with Gasteiger partial charge in [0.15, 0.2) is 11.0 Å². The molecule has 0 fully saturated rings. The molecule has 2 aromatic carbocycles. The maximum absolute atomic E-state index is 11.9. The van der Waals surface area contributed by atoms with E-state index >= 15 is 0 Å². The van der Waals surface area contributed by atoms with E-state index in [0.717, 1.165) is 16.9 Å². The summed E-state index contributed by atoms with van der Waals surface area (Å²) in [6.07, 6.45) is 1.61. The maximum Gasteiger partial charge on any atom is 0.172 e. The summed E-state index contributed by atoms with van der Waals surface area (Å²) in [7, 11) is 0.259. The smallest absolute Gasteiger partial charge is 0.172 e. The van der Waals surface area contributed by atoms with Gasteiger partial charge in [0.25, 0.3) is 0 Å². The molecular formula is C15H15NO2S. The number of rotatable bonds is 4. The molecule has 0 N–H and O–H groups in total. The van der Waals surface area contributed by atoms with Gasteiger partial charge in [0.05, 0.1) is 12.0 Å². The first-order valence-electron chi connectivity index (χ1n) is 5.86. The third-order valence-corrected chi connectivity index (χ3v) is 3.61. The second kappa shape index (κ2) is 6.29. The van der Waals surface area contributed by atoms with Crippen molar-refractivity contribution in [1.29, 1.82) is 0 Å². The monoisotopic (exact) mass is 273 g/mol. The normalized spacial score (nSPS) is 12.5. The Hall–Kier alpha value is -1.94. The zero-order valence-electron chi connectivity index (χ0n) is 10.9. The summed E-state index contributed by atoms with van der Waals surface area (Å²) in [4.78, 5) is 0.704. The Morgan fingerprint density at radius 2 is 1.68 bits per heavy atom. The first-order chi connectivity index (χ1) is 9.19. The molecule has 4 heteroatoms. The van der Waals surface area contributed by atoms with Gasteiger partial charge < -0.3 is 4.74 Å². The van der Waals surface area contributed by atoms with Gasteiger partial charge >= 0.3 is 0 Å². The minimum Gasteiger partial charge on any atom is -0.497 e. The number of benzene rings is 2. The largest absolute Gasteiger partial charge is 0.497 e. The van der Waals surface area contributed by atoms with Crippen molar-refractivity contribution >= 4 is 17.2 Å². The van der Waals surface area contributed by atoms with Gasteiger partial charge in [0.1, 0.15) is 5.75 Å². The number of methoxy groups -OCH3 is 1. The Labute approximate surface area is 115 Å². The van der Waals surface area contributed by atoms with E-state index in [2.05, 4.69) is 4.40 Å². The Morgan fingerprint density at radius 1 is 1.05 bits per heavy atom. The lowest BCUT2D eigenvalue weighted by atomic mass is 10.2. The Balaban J connectivity index is 2.08. The van der Waals surface area contributed by atoms with Crippen LogP contribution >= 0.6 is 0 Å². The van der Waals surface area contributed by atoms with Gasteiger partial charge in [-0.1, -0.05) is 17.7 Å². The van der Waals surface area contributed by atoms with Crippen LogP contribution in [0.4, 0.5) is 0 Å². The zero-order chi connectivity index (χ0) is 13.7. The first kappa shape index (κ1) is 13.5. The van der Waals surface area contributed by atoms with Crippen LogP contribution in [0.5, 0.6) is 5.75 Å². The molecule has 0 aromatic heterocycles. The molecule has 0 radical (unpaired) electrons. The minimum atomic E-state index is -1.36. The molecule has 2 aromatic rings. The molecular weight excluding hydrogens is 258 g/mol. The molecule has 0 amide bonds. The molecule has 0 bridgehead atoms. The van der Waals surface area contributed by atoms with E-state index < -0.39 is 11.0 Å². The molecule has 1 atom stereocenters. The van der Waals surface area contributed by atoms with Crippen LogP contribution in [0.1, 0.15) is 11.1 Å². The lowest BCUT2D eigenvalue weighted by Gasteiger charge is -1.99. The summed E-state index contributed by atoms with van der Waals surface area (Å²) >= 11 is 0. The second-order valence-electron chi connectivity index (χ2n) is 4.07. The summed E-state index contributed by atoms with van der Waals surface area (Å²) in [6, 6.07) is 14.9. The van der Waals surface area contributed by atoms with Gasteiger partial charge in [0.2, 0.25) is 0 Å². The zero-order valence-corrected chi connectivity index (χ0v) is 11.7. The molecule has 0 aliphatic heterocycles. The molecule has 98 valence electrons. The fraction of sp³-hybridized carbons (Fsp3) is 0.133. The van der Waals surface area contributed by atoms with Crippen LogP contribution in [0, 0.1) is 6.92 Å². The van der Waals surface area contributed by atoms with Gasteiger partial charge in [0, 0.05) is 6.21 Å². The van der Waals surface area contributed by atoms with E-state index in [9.17, 15) is 4.21 Å². The van der Waals surface area contributed by atoms with Gasteiger partial charge in [-0.25, -0.2) is 4.21 Å². The second-order valence-corrected chi connectivity index (χ2v) is 5.25. The predicted molar refractivity (Wildman–Crippen MR) is 78.2 cm³/mol. The van der Waals surface area contributed by atoms with Crippen molar-refractivity contribution in [1.82, 2.24) is 0 Å². The number of nitrogens with zero attached hydrogens (tertiary/aromatic N) is 1. The van der Waals surface area contributed by atoms with E-state index in [0.29, 0.717) is 4.90 Å². The highest BCUT2D eigenvalue weighted by atomic mass is 32.2. The molecule has 2 rings (SSSR count). The third kappa shape index (κ3) is 3.76. The quantitative estimate of drug-likeness (QED) is 0.803. The van der Waals surface area contributed by atoms with E-state index in [1.807, 2.05) is 55.5 Å². The number of hydrogen-bond donors (Lipinski definition) is 0. The Bertz CT molecular complexity index is 589. The molecule has 1 unspecified atom stereocenters. The van der Waals surface area contributed by atoms with Crippen molar-refractivity contribution in [2.24, 2.45) is 4.40 Å². The standard InChI is InChI=1S/C15H15NO2S/c1-12-3-9-15(10-4-12)19(17)16-11-13-5-7-14(18-2)8-6-13/h3-11H,1-2H3/b16-11+. The van der Waals surface area contributed by atoms with Crippen LogP contribution in [0.15, 0.2) is 57.8 Å². The van der Waals surface area contributed by atoms with E-state index in [1.165, 1.54) is 0 Å². The van der Waals surface area contributed by atoms with Crippen LogP contribution in [-0.4, -0.2) is 17.5 Å². The third-order valence-electron chi connectivity index (χ3n) is 2.64. The fourth-order valence-electron chi connectivity index (χ4n) is 1.51. The van der Waals surface area contributed by atoms with Crippen molar-refractivity contribution in [3.8, 4) is 5.75 Å². The summed E-state index contributed by atoms with van der Waals surface area (Å²) < 4.78 is 21.1. The van der Waals surface area contributed by atoms with E-state index in [4.69, 9.17) is 4.74 Å². The minimum absolute atomic E-state index is 0.704. The van der Waals surface area contributed by atoms with Crippen molar-refractivity contribution in [2.45, 2.75) is 11.8 Å². The molecule has 0 aliphatic rings. The van der Waals surface area contributed by atoms with Crippen molar-refractivity contribution in [3.05, 3.63) is 59.7 Å². The van der Waals surface area contributed by atoms with Crippen molar-refractivity contribution in [2.75, 3.05) is 7.11 Å². The van der Waals surface area contributed by atoms with Crippen LogP contribution in [0.3, 0.4) is 0 Å². The highest BCUT2D eigenvalue weighted by molar-refractivity contribution is 7.83. The number of aryl methyl sites for hydroxylation is 1. The average Bonchev–Trinajstić information content (AvgIpc) is 2.46. The molecule has 19 heavy (non-hydrogen) atoms. The van der Waals surface area contributed by atoms with E-state index in [-0.39, 0.29) is 0 Å². The molecule has 0 spiro atoms. The van der Waals surface area contributed by atoms with Crippen molar-refractivity contribution in [3.63, 3.8) is 0 Å². The predicted octanol–water partition coefficient (Wildman–Crippen LogP) is 3.15. The van der Waals surface area contributed by atoms with Gasteiger partial charge in [-0.3, -0.25) is 0 Å². The van der Waals surface area contributed by atoms with Crippen molar-refractivity contribution < 1.29 is 8.95 Å². The topological polar surface area (TPSA) is 38.7 Å². The van der Waals surface area contributed by atoms with Crippen LogP contribution in [-0.2, 0) is 11.0 Å².